The Morgan fingerprint density at radius 1 is 1.58 bits per heavy atom. The second-order valence-corrected chi connectivity index (χ2v) is 6.35. The van der Waals surface area contributed by atoms with E-state index in [9.17, 15) is 0 Å². The molecule has 0 bridgehead atoms. The molecule has 12 heavy (non-hydrogen) atoms. The van der Waals surface area contributed by atoms with Crippen LogP contribution in [0.4, 0.5) is 0 Å². The van der Waals surface area contributed by atoms with E-state index >= 15 is 0 Å². The fourth-order valence-electron chi connectivity index (χ4n) is 1.90. The normalized spacial score (nSPS) is 41.2. The van der Waals surface area contributed by atoms with Crippen molar-refractivity contribution in [2.24, 2.45) is 4.99 Å². The first-order valence-corrected chi connectivity index (χ1v) is 6.72. The lowest BCUT2D eigenvalue weighted by molar-refractivity contribution is 0.316. The molecule has 0 N–H and O–H groups in total. The molecule has 2 aliphatic rings. The van der Waals surface area contributed by atoms with Crippen molar-refractivity contribution in [1.29, 1.82) is 0 Å². The molecule has 0 aromatic rings. The van der Waals surface area contributed by atoms with E-state index in [0.29, 0.717) is 11.7 Å². The standard InChI is InChI=1S/C9H16NOP/c1-7-6-11-9(10-7)8-4-3-5-12(8)2/h7-8H,3-6H2,1-2H3/t7-,8+,12-/m0/s1. The lowest BCUT2D eigenvalue weighted by Crippen LogP contribution is -2.15. The predicted molar refractivity (Wildman–Crippen MR) is 53.6 cm³/mol. The average Bonchev–Trinajstić information content (AvgIpc) is 2.58. The zero-order chi connectivity index (χ0) is 8.55. The van der Waals surface area contributed by atoms with E-state index in [2.05, 4.69) is 18.6 Å². The minimum Gasteiger partial charge on any atom is -0.478 e. The molecule has 0 aromatic heterocycles. The minimum absolute atomic E-state index is 0.186. The van der Waals surface area contributed by atoms with Gasteiger partial charge in [0.25, 0.3) is 0 Å². The Labute approximate surface area is 75.2 Å². The van der Waals surface area contributed by atoms with Gasteiger partial charge in [0, 0.05) is 0 Å². The van der Waals surface area contributed by atoms with E-state index in [-0.39, 0.29) is 7.92 Å². The van der Waals surface area contributed by atoms with E-state index < -0.39 is 0 Å². The van der Waals surface area contributed by atoms with Crippen molar-refractivity contribution in [3.05, 3.63) is 0 Å². The number of nitrogens with zero attached hydrogens (tertiary/aromatic N) is 1. The van der Waals surface area contributed by atoms with Crippen LogP contribution in [0, 0.1) is 0 Å². The molecule has 0 amide bonds. The maximum Gasteiger partial charge on any atom is 0.191 e. The van der Waals surface area contributed by atoms with Crippen LogP contribution in [0.5, 0.6) is 0 Å². The Morgan fingerprint density at radius 3 is 2.92 bits per heavy atom. The van der Waals surface area contributed by atoms with Crippen molar-refractivity contribution in [3.63, 3.8) is 0 Å². The Balaban J connectivity index is 2.04. The highest BCUT2D eigenvalue weighted by molar-refractivity contribution is 7.59. The zero-order valence-corrected chi connectivity index (χ0v) is 8.68. The maximum atomic E-state index is 5.59. The molecule has 0 spiro atoms. The van der Waals surface area contributed by atoms with E-state index in [1.165, 1.54) is 19.0 Å². The molecule has 2 aliphatic heterocycles. The lowest BCUT2D eigenvalue weighted by Gasteiger charge is -2.14. The molecule has 68 valence electrons. The predicted octanol–water partition coefficient (Wildman–Crippen LogP) is 2.08. The van der Waals surface area contributed by atoms with Crippen molar-refractivity contribution >= 4 is 13.8 Å². The summed E-state index contributed by atoms with van der Waals surface area (Å²) in [6, 6.07) is 0.406. The van der Waals surface area contributed by atoms with Gasteiger partial charge in [0.2, 0.25) is 0 Å². The lowest BCUT2D eigenvalue weighted by atomic mass is 10.2. The summed E-state index contributed by atoms with van der Waals surface area (Å²) < 4.78 is 5.59. The van der Waals surface area contributed by atoms with Crippen LogP contribution in [-0.2, 0) is 4.74 Å². The van der Waals surface area contributed by atoms with Gasteiger partial charge in [0.1, 0.15) is 6.61 Å². The topological polar surface area (TPSA) is 21.6 Å². The molecule has 3 atom stereocenters. The summed E-state index contributed by atoms with van der Waals surface area (Å²) in [7, 11) is 0.186. The molecule has 2 rings (SSSR count). The third-order valence-corrected chi connectivity index (χ3v) is 5.19. The van der Waals surface area contributed by atoms with Gasteiger partial charge in [-0.05, 0) is 32.6 Å². The Hall–Kier alpha value is -0.100. The molecule has 0 unspecified atom stereocenters. The summed E-state index contributed by atoms with van der Waals surface area (Å²) in [5, 5.41) is 0. The van der Waals surface area contributed by atoms with Crippen LogP contribution < -0.4 is 0 Å². The molecule has 0 saturated carbocycles. The van der Waals surface area contributed by atoms with Crippen LogP contribution in [0.2, 0.25) is 0 Å². The third kappa shape index (κ3) is 1.50. The number of hydrogen-bond donors (Lipinski definition) is 0. The van der Waals surface area contributed by atoms with Crippen LogP contribution in [0.3, 0.4) is 0 Å². The summed E-state index contributed by atoms with van der Waals surface area (Å²) in [5.41, 5.74) is 0.699. The molecule has 2 nitrogen and oxygen atoms in total. The summed E-state index contributed by atoms with van der Waals surface area (Å²) in [4.78, 5) is 4.53. The van der Waals surface area contributed by atoms with Gasteiger partial charge in [-0.25, -0.2) is 4.99 Å². The number of ether oxygens (including phenoxy) is 1. The van der Waals surface area contributed by atoms with E-state index in [0.717, 1.165) is 12.5 Å². The first-order chi connectivity index (χ1) is 5.77. The van der Waals surface area contributed by atoms with Crippen LogP contribution in [0.15, 0.2) is 4.99 Å². The van der Waals surface area contributed by atoms with Gasteiger partial charge in [-0.3, -0.25) is 0 Å². The number of aliphatic imine (C=N–C) groups is 1. The van der Waals surface area contributed by atoms with Crippen molar-refractivity contribution in [1.82, 2.24) is 0 Å². The fourth-order valence-corrected chi connectivity index (χ4v) is 4.04. The first kappa shape index (κ1) is 8.50. The average molecular weight is 185 g/mol. The van der Waals surface area contributed by atoms with Gasteiger partial charge < -0.3 is 4.74 Å². The van der Waals surface area contributed by atoms with Crippen LogP contribution in [-0.4, -0.2) is 37.0 Å². The Bertz CT molecular complexity index is 205. The molecule has 2 heterocycles. The molecule has 0 radical (unpaired) electrons. The van der Waals surface area contributed by atoms with Crippen LogP contribution in [0.25, 0.3) is 0 Å². The van der Waals surface area contributed by atoms with Gasteiger partial charge >= 0.3 is 0 Å². The van der Waals surface area contributed by atoms with E-state index in [1.807, 2.05) is 0 Å². The van der Waals surface area contributed by atoms with Crippen molar-refractivity contribution in [2.45, 2.75) is 31.5 Å². The fraction of sp³-hybridized carbons (Fsp3) is 0.889. The second kappa shape index (κ2) is 3.33. The quantitative estimate of drug-likeness (QED) is 0.573. The SMILES string of the molecule is C[C@H]1COC([C@H]2CCC[P@]2C)=N1. The molecular formula is C9H16NOP. The summed E-state index contributed by atoms with van der Waals surface area (Å²) >= 11 is 0. The van der Waals surface area contributed by atoms with Crippen molar-refractivity contribution < 1.29 is 4.74 Å². The summed E-state index contributed by atoms with van der Waals surface area (Å²) in [6.45, 7) is 5.32. The Kier molecular flexibility index (Phi) is 2.36. The summed E-state index contributed by atoms with van der Waals surface area (Å²) in [6.07, 6.45) is 4.11. The largest absolute Gasteiger partial charge is 0.478 e. The van der Waals surface area contributed by atoms with Gasteiger partial charge in [0.15, 0.2) is 5.90 Å². The van der Waals surface area contributed by atoms with Gasteiger partial charge in [-0.1, -0.05) is 7.92 Å². The van der Waals surface area contributed by atoms with Crippen molar-refractivity contribution in [3.8, 4) is 0 Å². The second-order valence-electron chi connectivity index (χ2n) is 3.77. The van der Waals surface area contributed by atoms with Gasteiger partial charge in [-0.2, -0.15) is 0 Å². The highest BCUT2D eigenvalue weighted by Crippen LogP contribution is 2.47. The third-order valence-electron chi connectivity index (χ3n) is 2.63. The summed E-state index contributed by atoms with van der Waals surface area (Å²) in [5.74, 6) is 1.08. The highest BCUT2D eigenvalue weighted by Gasteiger charge is 2.31. The van der Waals surface area contributed by atoms with Crippen LogP contribution >= 0.6 is 7.92 Å². The molecule has 3 heteroatoms. The van der Waals surface area contributed by atoms with Crippen LogP contribution in [0.1, 0.15) is 19.8 Å². The Morgan fingerprint density at radius 2 is 2.42 bits per heavy atom. The molecule has 1 fully saturated rings. The number of hydrogen-bond acceptors (Lipinski definition) is 2. The van der Waals surface area contributed by atoms with E-state index in [4.69, 9.17) is 4.74 Å². The zero-order valence-electron chi connectivity index (χ0n) is 7.79. The van der Waals surface area contributed by atoms with Crippen molar-refractivity contribution in [2.75, 3.05) is 19.4 Å². The highest BCUT2D eigenvalue weighted by atomic mass is 31.1. The van der Waals surface area contributed by atoms with E-state index in [1.54, 1.807) is 0 Å². The van der Waals surface area contributed by atoms with Gasteiger partial charge in [-0.15, -0.1) is 0 Å². The minimum atomic E-state index is 0.186. The molecular weight excluding hydrogens is 169 g/mol. The molecule has 0 aliphatic carbocycles. The monoisotopic (exact) mass is 185 g/mol. The molecule has 1 saturated heterocycles. The maximum absolute atomic E-state index is 5.59. The smallest absolute Gasteiger partial charge is 0.191 e. The molecule has 0 aromatic carbocycles. The van der Waals surface area contributed by atoms with Gasteiger partial charge in [0.05, 0.1) is 11.7 Å². The first-order valence-electron chi connectivity index (χ1n) is 4.68. The number of rotatable bonds is 1.